The number of nitrogens with zero attached hydrogens (tertiary/aromatic N) is 3. The van der Waals surface area contributed by atoms with Gasteiger partial charge >= 0.3 is 0 Å². The third-order valence-electron chi connectivity index (χ3n) is 2.19. The molecule has 0 aliphatic carbocycles. The van der Waals surface area contributed by atoms with Crippen LogP contribution in [0.5, 0.6) is 0 Å². The van der Waals surface area contributed by atoms with E-state index in [1.54, 1.807) is 10.9 Å². The lowest BCUT2D eigenvalue weighted by molar-refractivity contribution is 0.827. The second-order valence-corrected chi connectivity index (χ2v) is 3.37. The molecule has 0 saturated heterocycles. The zero-order valence-electron chi connectivity index (χ0n) is 8.50. The van der Waals surface area contributed by atoms with Gasteiger partial charge in [-0.15, -0.1) is 0 Å². The Hall–Kier alpha value is -1.68. The van der Waals surface area contributed by atoms with E-state index in [1.807, 2.05) is 30.6 Å². The van der Waals surface area contributed by atoms with E-state index in [2.05, 4.69) is 10.1 Å². The van der Waals surface area contributed by atoms with Crippen LogP contribution in [0.2, 0.25) is 0 Å². The minimum absolute atomic E-state index is 0.717. The molecule has 0 amide bonds. The fourth-order valence-corrected chi connectivity index (χ4v) is 1.41. The molecule has 0 saturated carbocycles. The van der Waals surface area contributed by atoms with E-state index >= 15 is 0 Å². The quantitative estimate of drug-likeness (QED) is 0.809. The van der Waals surface area contributed by atoms with Gasteiger partial charge in [0, 0.05) is 12.4 Å². The van der Waals surface area contributed by atoms with Crippen molar-refractivity contribution in [1.82, 2.24) is 14.8 Å². The predicted molar refractivity (Wildman–Crippen MR) is 58.7 cm³/mol. The first-order chi connectivity index (χ1) is 7.40. The first-order valence-corrected chi connectivity index (χ1v) is 5.05. The summed E-state index contributed by atoms with van der Waals surface area (Å²) in [6.07, 6.45) is 7.59. The average Bonchev–Trinajstić information content (AvgIpc) is 2.76. The SMILES string of the molecule is NCCCc1cnn(-c2ccccn2)c1. The van der Waals surface area contributed by atoms with Crippen LogP contribution < -0.4 is 5.73 Å². The Balaban J connectivity index is 2.14. The maximum Gasteiger partial charge on any atom is 0.153 e. The molecule has 2 rings (SSSR count). The van der Waals surface area contributed by atoms with Gasteiger partial charge in [-0.3, -0.25) is 0 Å². The number of pyridine rings is 1. The van der Waals surface area contributed by atoms with Gasteiger partial charge < -0.3 is 5.73 Å². The molecule has 4 nitrogen and oxygen atoms in total. The van der Waals surface area contributed by atoms with Crippen LogP contribution in [0.25, 0.3) is 5.82 Å². The standard InChI is InChI=1S/C11H14N4/c12-6-3-4-10-8-14-15(9-10)11-5-1-2-7-13-11/h1-2,5,7-9H,3-4,6,12H2. The zero-order chi connectivity index (χ0) is 10.5. The molecule has 2 aromatic heterocycles. The summed E-state index contributed by atoms with van der Waals surface area (Å²) in [7, 11) is 0. The largest absolute Gasteiger partial charge is 0.330 e. The van der Waals surface area contributed by atoms with E-state index in [0.29, 0.717) is 0 Å². The molecule has 15 heavy (non-hydrogen) atoms. The van der Waals surface area contributed by atoms with E-state index in [9.17, 15) is 0 Å². The summed E-state index contributed by atoms with van der Waals surface area (Å²) < 4.78 is 1.78. The van der Waals surface area contributed by atoms with E-state index in [-0.39, 0.29) is 0 Å². The monoisotopic (exact) mass is 202 g/mol. The molecule has 0 fully saturated rings. The molecule has 0 aliphatic rings. The molecule has 0 spiro atoms. The van der Waals surface area contributed by atoms with Gasteiger partial charge in [0.2, 0.25) is 0 Å². The first kappa shape index (κ1) is 9.86. The Morgan fingerprint density at radius 1 is 1.33 bits per heavy atom. The van der Waals surface area contributed by atoms with Gasteiger partial charge in [-0.05, 0) is 37.1 Å². The van der Waals surface area contributed by atoms with E-state index in [0.717, 1.165) is 25.2 Å². The highest BCUT2D eigenvalue weighted by Crippen LogP contribution is 2.06. The zero-order valence-corrected chi connectivity index (χ0v) is 8.50. The topological polar surface area (TPSA) is 56.7 Å². The van der Waals surface area contributed by atoms with Crippen LogP contribution >= 0.6 is 0 Å². The van der Waals surface area contributed by atoms with Crippen LogP contribution in [0.15, 0.2) is 36.8 Å². The fourth-order valence-electron chi connectivity index (χ4n) is 1.41. The number of hydrogen-bond donors (Lipinski definition) is 1. The van der Waals surface area contributed by atoms with Crippen LogP contribution in [0.4, 0.5) is 0 Å². The molecule has 2 aromatic rings. The maximum atomic E-state index is 5.45. The predicted octanol–water partition coefficient (Wildman–Crippen LogP) is 1.16. The summed E-state index contributed by atoms with van der Waals surface area (Å²) in [6, 6.07) is 5.77. The van der Waals surface area contributed by atoms with Gasteiger partial charge in [0.15, 0.2) is 5.82 Å². The highest BCUT2D eigenvalue weighted by molar-refractivity contribution is 5.21. The summed E-state index contributed by atoms with van der Waals surface area (Å²) in [5.41, 5.74) is 6.65. The molecule has 4 heteroatoms. The number of nitrogens with two attached hydrogens (primary N) is 1. The Labute approximate surface area is 88.8 Å². The highest BCUT2D eigenvalue weighted by atomic mass is 15.3. The molecule has 2 heterocycles. The molecular weight excluding hydrogens is 188 g/mol. The van der Waals surface area contributed by atoms with Crippen molar-refractivity contribution in [2.24, 2.45) is 5.73 Å². The lowest BCUT2D eigenvalue weighted by atomic mass is 10.2. The average molecular weight is 202 g/mol. The molecule has 0 radical (unpaired) electrons. The van der Waals surface area contributed by atoms with Crippen molar-refractivity contribution in [2.75, 3.05) is 6.54 Å². The van der Waals surface area contributed by atoms with Crippen molar-refractivity contribution >= 4 is 0 Å². The van der Waals surface area contributed by atoms with Crippen LogP contribution in [-0.4, -0.2) is 21.3 Å². The summed E-state index contributed by atoms with van der Waals surface area (Å²) in [5.74, 6) is 0.844. The normalized spacial score (nSPS) is 10.5. The molecule has 2 N–H and O–H groups in total. The van der Waals surface area contributed by atoms with Gasteiger partial charge in [0.1, 0.15) is 0 Å². The minimum atomic E-state index is 0.717. The van der Waals surface area contributed by atoms with Crippen molar-refractivity contribution in [3.8, 4) is 5.82 Å². The lowest BCUT2D eigenvalue weighted by Gasteiger charge is -1.97. The molecule has 78 valence electrons. The molecule has 0 aromatic carbocycles. The van der Waals surface area contributed by atoms with Crippen LogP contribution in [0.3, 0.4) is 0 Å². The fraction of sp³-hybridized carbons (Fsp3) is 0.273. The second kappa shape index (κ2) is 4.70. The second-order valence-electron chi connectivity index (χ2n) is 3.37. The van der Waals surface area contributed by atoms with E-state index < -0.39 is 0 Å². The van der Waals surface area contributed by atoms with Crippen molar-refractivity contribution in [3.05, 3.63) is 42.4 Å². The van der Waals surface area contributed by atoms with Crippen molar-refractivity contribution in [1.29, 1.82) is 0 Å². The third-order valence-corrected chi connectivity index (χ3v) is 2.19. The van der Waals surface area contributed by atoms with Crippen molar-refractivity contribution in [2.45, 2.75) is 12.8 Å². The molecule has 0 bridgehead atoms. The van der Waals surface area contributed by atoms with Crippen LogP contribution in [0.1, 0.15) is 12.0 Å². The van der Waals surface area contributed by atoms with Gasteiger partial charge in [-0.2, -0.15) is 5.10 Å². The lowest BCUT2D eigenvalue weighted by Crippen LogP contribution is -2.00. The van der Waals surface area contributed by atoms with Crippen molar-refractivity contribution in [3.63, 3.8) is 0 Å². The third kappa shape index (κ3) is 2.41. The molecular formula is C11H14N4. The number of aromatic nitrogens is 3. The number of aryl methyl sites for hydroxylation is 1. The summed E-state index contributed by atoms with van der Waals surface area (Å²) >= 11 is 0. The molecule has 0 aliphatic heterocycles. The van der Waals surface area contributed by atoms with E-state index in [1.165, 1.54) is 5.56 Å². The van der Waals surface area contributed by atoms with Gasteiger partial charge in [0.05, 0.1) is 6.20 Å². The Morgan fingerprint density at radius 2 is 2.27 bits per heavy atom. The maximum absolute atomic E-state index is 5.45. The number of hydrogen-bond acceptors (Lipinski definition) is 3. The minimum Gasteiger partial charge on any atom is -0.330 e. The Bertz CT molecular complexity index is 408. The number of rotatable bonds is 4. The van der Waals surface area contributed by atoms with Gasteiger partial charge in [-0.25, -0.2) is 9.67 Å². The van der Waals surface area contributed by atoms with Crippen molar-refractivity contribution < 1.29 is 0 Å². The highest BCUT2D eigenvalue weighted by Gasteiger charge is 2.00. The van der Waals surface area contributed by atoms with Crippen LogP contribution in [0, 0.1) is 0 Å². The summed E-state index contributed by atoms with van der Waals surface area (Å²) in [4.78, 5) is 4.22. The van der Waals surface area contributed by atoms with Gasteiger partial charge in [-0.1, -0.05) is 6.07 Å². The molecule has 0 unspecified atom stereocenters. The Kier molecular flexibility index (Phi) is 3.09. The van der Waals surface area contributed by atoms with Gasteiger partial charge in [0.25, 0.3) is 0 Å². The Morgan fingerprint density at radius 3 is 3.00 bits per heavy atom. The molecule has 0 atom stereocenters. The summed E-state index contributed by atoms with van der Waals surface area (Å²) in [5, 5.41) is 4.25. The summed E-state index contributed by atoms with van der Waals surface area (Å²) in [6.45, 7) is 0.717. The van der Waals surface area contributed by atoms with E-state index in [4.69, 9.17) is 5.73 Å². The smallest absolute Gasteiger partial charge is 0.153 e. The van der Waals surface area contributed by atoms with Crippen LogP contribution in [-0.2, 0) is 6.42 Å². The first-order valence-electron chi connectivity index (χ1n) is 5.05.